The van der Waals surface area contributed by atoms with Crippen molar-refractivity contribution in [3.05, 3.63) is 289 Å². The van der Waals surface area contributed by atoms with E-state index in [9.17, 15) is 0 Å². The molecule has 0 amide bonds. The van der Waals surface area contributed by atoms with Crippen LogP contribution < -0.4 is 9.80 Å². The first-order chi connectivity index (χ1) is 34.3. The molecule has 14 rings (SSSR count). The van der Waals surface area contributed by atoms with Crippen molar-refractivity contribution >= 4 is 34.1 Å². The molecule has 2 aliphatic carbocycles. The van der Waals surface area contributed by atoms with Crippen LogP contribution in [-0.2, 0) is 5.41 Å². The summed E-state index contributed by atoms with van der Waals surface area (Å²) in [6, 6.07) is 98.9. The number of fused-ring (bicyclic) bond motifs is 17. The highest BCUT2D eigenvalue weighted by molar-refractivity contribution is 6.04. The second-order valence-electron chi connectivity index (χ2n) is 18.3. The average molecular weight is 877 g/mol. The van der Waals surface area contributed by atoms with E-state index in [-0.39, 0.29) is 0 Å². The molecule has 11 aromatic rings. The molecule has 322 valence electrons. The van der Waals surface area contributed by atoms with Gasteiger partial charge in [-0.1, -0.05) is 206 Å². The molecule has 69 heavy (non-hydrogen) atoms. The van der Waals surface area contributed by atoms with Crippen LogP contribution in [0.5, 0.6) is 0 Å². The summed E-state index contributed by atoms with van der Waals surface area (Å²) in [4.78, 5) is 4.88. The van der Waals surface area contributed by atoms with Crippen molar-refractivity contribution in [2.75, 3.05) is 9.80 Å². The zero-order valence-electron chi connectivity index (χ0n) is 37.8. The van der Waals surface area contributed by atoms with Gasteiger partial charge in [0.15, 0.2) is 0 Å². The number of anilines is 6. The summed E-state index contributed by atoms with van der Waals surface area (Å²) in [6.07, 6.45) is 0. The number of hydrogen-bond acceptors (Lipinski definition) is 2. The first-order valence-electron chi connectivity index (χ1n) is 23.9. The molecule has 0 aromatic heterocycles. The van der Waals surface area contributed by atoms with E-state index in [2.05, 4.69) is 277 Å². The van der Waals surface area contributed by atoms with Crippen LogP contribution in [0, 0.1) is 0 Å². The third-order valence-corrected chi connectivity index (χ3v) is 14.8. The molecule has 11 aromatic carbocycles. The van der Waals surface area contributed by atoms with Crippen molar-refractivity contribution in [1.82, 2.24) is 0 Å². The number of nitrogens with zero attached hydrogens (tertiary/aromatic N) is 2. The molecule has 0 bridgehead atoms. The Morgan fingerprint density at radius 2 is 0.623 bits per heavy atom. The fraction of sp³-hybridized carbons (Fsp3) is 0.0149. The van der Waals surface area contributed by atoms with Crippen molar-refractivity contribution in [3.63, 3.8) is 0 Å². The Morgan fingerprint density at radius 3 is 1.20 bits per heavy atom. The highest BCUT2D eigenvalue weighted by Gasteiger charge is 2.49. The zero-order valence-corrected chi connectivity index (χ0v) is 37.8. The maximum absolute atomic E-state index is 2.46. The van der Waals surface area contributed by atoms with Crippen molar-refractivity contribution in [2.24, 2.45) is 0 Å². The Bertz CT molecular complexity index is 3730. The summed E-state index contributed by atoms with van der Waals surface area (Å²) in [5.74, 6) is 0. The van der Waals surface area contributed by atoms with Gasteiger partial charge in [-0.15, -0.1) is 0 Å². The van der Waals surface area contributed by atoms with E-state index in [1.54, 1.807) is 0 Å². The molecule has 1 heterocycles. The third-order valence-electron chi connectivity index (χ3n) is 14.8. The van der Waals surface area contributed by atoms with Crippen LogP contribution in [-0.4, -0.2) is 0 Å². The minimum Gasteiger partial charge on any atom is -0.310 e. The number of para-hydroxylation sites is 3. The van der Waals surface area contributed by atoms with E-state index in [4.69, 9.17) is 0 Å². The van der Waals surface area contributed by atoms with E-state index in [0.29, 0.717) is 0 Å². The summed E-state index contributed by atoms with van der Waals surface area (Å²) in [6.45, 7) is 0. The molecular formula is C67H44N2. The van der Waals surface area contributed by atoms with Crippen molar-refractivity contribution < 1.29 is 0 Å². The molecule has 0 saturated heterocycles. The smallest absolute Gasteiger partial charge is 0.0725 e. The van der Waals surface area contributed by atoms with E-state index < -0.39 is 5.41 Å². The topological polar surface area (TPSA) is 6.48 Å². The first kappa shape index (κ1) is 39.2. The molecule has 2 heteroatoms. The molecule has 0 N–H and O–H groups in total. The van der Waals surface area contributed by atoms with Gasteiger partial charge in [-0.2, -0.15) is 0 Å². The lowest BCUT2D eigenvalue weighted by atomic mass is 9.66. The minimum atomic E-state index is -0.551. The van der Waals surface area contributed by atoms with Gasteiger partial charge < -0.3 is 9.80 Å². The third kappa shape index (κ3) is 5.86. The summed E-state index contributed by atoms with van der Waals surface area (Å²) < 4.78 is 0. The van der Waals surface area contributed by atoms with Gasteiger partial charge in [0, 0.05) is 33.9 Å². The second-order valence-corrected chi connectivity index (χ2v) is 18.3. The quantitative estimate of drug-likeness (QED) is 0.170. The predicted molar refractivity (Wildman–Crippen MR) is 287 cm³/mol. The lowest BCUT2D eigenvalue weighted by Crippen LogP contribution is -2.29. The monoisotopic (exact) mass is 876 g/mol. The second kappa shape index (κ2) is 15.6. The van der Waals surface area contributed by atoms with Crippen LogP contribution in [0.2, 0.25) is 0 Å². The molecule has 0 unspecified atom stereocenters. The van der Waals surface area contributed by atoms with Crippen LogP contribution in [0.3, 0.4) is 0 Å². The molecule has 0 fully saturated rings. The highest BCUT2D eigenvalue weighted by Crippen LogP contribution is 2.62. The van der Waals surface area contributed by atoms with Crippen LogP contribution in [0.15, 0.2) is 267 Å². The molecule has 0 saturated carbocycles. The Kier molecular flexibility index (Phi) is 8.84. The minimum absolute atomic E-state index is 0.551. The number of rotatable bonds is 5. The highest BCUT2D eigenvalue weighted by atomic mass is 15.2. The van der Waals surface area contributed by atoms with Crippen LogP contribution in [0.25, 0.3) is 66.8 Å². The van der Waals surface area contributed by atoms with Crippen LogP contribution >= 0.6 is 0 Å². The van der Waals surface area contributed by atoms with Crippen LogP contribution in [0.1, 0.15) is 22.3 Å². The SMILES string of the molecule is c1ccc(-c2ccc(N(c3ccc4c(c3)-c3ccccc3N(c3ccccc3)c3ccccc3-4)c3ccc4c(c3)-c3ccccc3C43c4ccccc4-c4ccccc4-c4ccccc43)cc2)cc1. The van der Waals surface area contributed by atoms with E-state index in [1.165, 1.54) is 89.0 Å². The first-order valence-corrected chi connectivity index (χ1v) is 23.9. The summed E-state index contributed by atoms with van der Waals surface area (Å²) in [5, 5.41) is 0. The van der Waals surface area contributed by atoms with Gasteiger partial charge in [0.25, 0.3) is 0 Å². The standard InChI is InChI=1S/C67H44N2/c1-3-19-45(20-4-1)46-35-37-48(38-36-46)68(49-39-41-53-57-28-12-17-33-65(57)69(47-21-5-2-6-22-47)66-34-18-13-29-58(66)59(53)43-49)50-40-42-64-60(44-50)56-27-11-16-32-63(56)67(64)61-30-14-9-25-54(61)51-23-7-8-24-52(51)55-26-10-15-31-62(55)67/h1-44H. The van der Waals surface area contributed by atoms with Gasteiger partial charge in [-0.25, -0.2) is 0 Å². The van der Waals surface area contributed by atoms with Crippen molar-refractivity contribution in [1.29, 1.82) is 0 Å². The van der Waals surface area contributed by atoms with E-state index in [1.807, 2.05) is 0 Å². The normalized spacial score (nSPS) is 13.0. The molecule has 0 radical (unpaired) electrons. The Hall–Kier alpha value is -8.98. The number of hydrogen-bond donors (Lipinski definition) is 0. The van der Waals surface area contributed by atoms with Crippen molar-refractivity contribution in [2.45, 2.75) is 5.41 Å². The maximum atomic E-state index is 2.46. The van der Waals surface area contributed by atoms with Crippen LogP contribution in [0.4, 0.5) is 34.1 Å². The lowest BCUT2D eigenvalue weighted by molar-refractivity contribution is 0.775. The summed E-state index contributed by atoms with van der Waals surface area (Å²) in [5.41, 5.74) is 26.1. The average Bonchev–Trinajstić information content (AvgIpc) is 3.58. The largest absolute Gasteiger partial charge is 0.310 e. The van der Waals surface area contributed by atoms with Gasteiger partial charge in [-0.3, -0.25) is 0 Å². The maximum Gasteiger partial charge on any atom is 0.0725 e. The van der Waals surface area contributed by atoms with E-state index >= 15 is 0 Å². The molecule has 2 nitrogen and oxygen atoms in total. The van der Waals surface area contributed by atoms with Crippen molar-refractivity contribution in [3.8, 4) is 66.8 Å². The van der Waals surface area contributed by atoms with Gasteiger partial charge in [-0.05, 0) is 139 Å². The predicted octanol–water partition coefficient (Wildman–Crippen LogP) is 18.0. The summed E-state index contributed by atoms with van der Waals surface area (Å²) >= 11 is 0. The summed E-state index contributed by atoms with van der Waals surface area (Å²) in [7, 11) is 0. The van der Waals surface area contributed by atoms with Gasteiger partial charge in [0.1, 0.15) is 0 Å². The molecule has 1 aliphatic heterocycles. The molecule has 3 aliphatic rings. The Morgan fingerprint density at radius 1 is 0.246 bits per heavy atom. The van der Waals surface area contributed by atoms with E-state index in [0.717, 1.165) is 34.1 Å². The molecule has 1 spiro atoms. The lowest BCUT2D eigenvalue weighted by Gasteiger charge is -2.35. The van der Waals surface area contributed by atoms with Gasteiger partial charge in [0.05, 0.1) is 16.8 Å². The number of benzene rings is 11. The van der Waals surface area contributed by atoms with Gasteiger partial charge in [0.2, 0.25) is 0 Å². The molecule has 0 atom stereocenters. The molecular weight excluding hydrogens is 833 g/mol. The van der Waals surface area contributed by atoms with Gasteiger partial charge >= 0.3 is 0 Å². The Balaban J connectivity index is 1.01. The fourth-order valence-corrected chi connectivity index (χ4v) is 12.0. The zero-order chi connectivity index (χ0) is 45.5. The fourth-order valence-electron chi connectivity index (χ4n) is 12.0. The Labute approximate surface area is 403 Å².